The van der Waals surface area contributed by atoms with Crippen molar-refractivity contribution < 1.29 is 19.0 Å². The highest BCUT2D eigenvalue weighted by Gasteiger charge is 2.30. The van der Waals surface area contributed by atoms with Crippen LogP contribution in [0.5, 0.6) is 5.75 Å². The van der Waals surface area contributed by atoms with Crippen LogP contribution >= 0.6 is 0 Å². The summed E-state index contributed by atoms with van der Waals surface area (Å²) in [6.45, 7) is 3.78. The summed E-state index contributed by atoms with van der Waals surface area (Å²) in [6.07, 6.45) is 3.20. The van der Waals surface area contributed by atoms with Gasteiger partial charge in [-0.3, -0.25) is 9.48 Å². The summed E-state index contributed by atoms with van der Waals surface area (Å²) in [5.41, 5.74) is 7.11. The fourth-order valence-corrected chi connectivity index (χ4v) is 4.83. The molecule has 1 N–H and O–H groups in total. The summed E-state index contributed by atoms with van der Waals surface area (Å²) < 4.78 is 22.4. The van der Waals surface area contributed by atoms with Gasteiger partial charge >= 0.3 is 5.97 Å². The summed E-state index contributed by atoms with van der Waals surface area (Å²) in [6, 6.07) is 12.8. The van der Waals surface area contributed by atoms with Gasteiger partial charge in [0, 0.05) is 23.9 Å². The van der Waals surface area contributed by atoms with Crippen molar-refractivity contribution in [3.8, 4) is 16.9 Å². The maximum atomic E-state index is 14.7. The van der Waals surface area contributed by atoms with Crippen LogP contribution in [0.15, 0.2) is 48.7 Å². The monoisotopic (exact) mass is 459 g/mol. The molecule has 0 spiro atoms. The number of benzene rings is 2. The first-order valence-electron chi connectivity index (χ1n) is 11.4. The van der Waals surface area contributed by atoms with E-state index < -0.39 is 11.9 Å². The third-order valence-electron chi connectivity index (χ3n) is 6.81. The molecule has 7 heteroatoms. The molecule has 6 nitrogen and oxygen atoms in total. The minimum absolute atomic E-state index is 0.0875. The number of carboxylic acid groups (broad SMARTS) is 1. The number of hydrogen-bond donors (Lipinski definition) is 1. The van der Waals surface area contributed by atoms with Gasteiger partial charge in [-0.2, -0.15) is 5.10 Å². The van der Waals surface area contributed by atoms with Crippen LogP contribution in [-0.2, 0) is 31.3 Å². The molecule has 0 bridgehead atoms. The van der Waals surface area contributed by atoms with Crippen molar-refractivity contribution >= 4 is 17.0 Å². The number of aryl methyl sites for hydroxylation is 2. The fourth-order valence-electron chi connectivity index (χ4n) is 4.83. The Bertz CT molecular complexity index is 1410. The maximum absolute atomic E-state index is 14.7. The molecule has 1 aliphatic rings. The Morgan fingerprint density at radius 1 is 1.21 bits per heavy atom. The minimum atomic E-state index is -0.766. The number of rotatable bonds is 6. The van der Waals surface area contributed by atoms with Crippen LogP contribution in [0.3, 0.4) is 0 Å². The molecule has 5 rings (SSSR count). The number of halogens is 1. The number of ether oxygens (including phenoxy) is 1. The highest BCUT2D eigenvalue weighted by atomic mass is 19.1. The van der Waals surface area contributed by atoms with Crippen LogP contribution in [-0.4, -0.2) is 25.8 Å². The van der Waals surface area contributed by atoms with Crippen molar-refractivity contribution in [2.45, 2.75) is 33.3 Å². The number of hydrogen-bond acceptors (Lipinski definition) is 4. The molecule has 34 heavy (non-hydrogen) atoms. The lowest BCUT2D eigenvalue weighted by Crippen LogP contribution is -2.20. The predicted molar refractivity (Wildman–Crippen MR) is 127 cm³/mol. The van der Waals surface area contributed by atoms with Crippen molar-refractivity contribution in [2.24, 2.45) is 18.9 Å². The molecule has 0 fully saturated rings. The van der Waals surface area contributed by atoms with Crippen molar-refractivity contribution in [2.75, 3.05) is 0 Å². The number of aliphatic carboxylic acids is 1. The third kappa shape index (κ3) is 4.02. The van der Waals surface area contributed by atoms with Gasteiger partial charge in [-0.05, 0) is 72.7 Å². The Morgan fingerprint density at radius 2 is 2.00 bits per heavy atom. The molecule has 0 radical (unpaired) electrons. The summed E-state index contributed by atoms with van der Waals surface area (Å²) in [5.74, 6) is -0.744. The average Bonchev–Trinajstić information content (AvgIpc) is 3.40. The highest BCUT2D eigenvalue weighted by Crippen LogP contribution is 2.34. The van der Waals surface area contributed by atoms with E-state index in [1.165, 1.54) is 6.07 Å². The zero-order valence-electron chi connectivity index (χ0n) is 19.4. The first-order valence-corrected chi connectivity index (χ1v) is 11.4. The topological polar surface area (TPSA) is 77.2 Å². The van der Waals surface area contributed by atoms with E-state index in [-0.39, 0.29) is 18.3 Å². The highest BCUT2D eigenvalue weighted by molar-refractivity contribution is 5.91. The molecule has 2 aromatic carbocycles. The van der Waals surface area contributed by atoms with E-state index in [1.54, 1.807) is 23.9 Å². The number of nitrogens with zero attached hydrogens (tertiary/aromatic N) is 3. The number of aromatic nitrogens is 3. The van der Waals surface area contributed by atoms with Gasteiger partial charge in [-0.15, -0.1) is 0 Å². The first kappa shape index (κ1) is 22.1. The van der Waals surface area contributed by atoms with E-state index in [9.17, 15) is 14.3 Å². The summed E-state index contributed by atoms with van der Waals surface area (Å²) in [5, 5.41) is 13.6. The van der Waals surface area contributed by atoms with Crippen molar-refractivity contribution in [1.82, 2.24) is 14.8 Å². The molecule has 0 saturated carbocycles. The lowest BCUT2D eigenvalue weighted by molar-refractivity contribution is -0.142. The van der Waals surface area contributed by atoms with Crippen molar-refractivity contribution in [1.29, 1.82) is 0 Å². The van der Waals surface area contributed by atoms with Gasteiger partial charge in [0.1, 0.15) is 23.7 Å². The van der Waals surface area contributed by atoms with Gasteiger partial charge in [0.2, 0.25) is 0 Å². The van der Waals surface area contributed by atoms with E-state index in [0.29, 0.717) is 17.7 Å². The van der Waals surface area contributed by atoms with Gasteiger partial charge in [0.15, 0.2) is 0 Å². The molecule has 4 aromatic rings. The quantitative estimate of drug-likeness (QED) is 0.434. The Labute approximate surface area is 197 Å². The fraction of sp³-hybridized carbons (Fsp3) is 0.296. The molecule has 0 amide bonds. The zero-order valence-corrected chi connectivity index (χ0v) is 19.4. The molecular weight excluding hydrogens is 433 g/mol. The Morgan fingerprint density at radius 3 is 2.79 bits per heavy atom. The number of carbonyl (C=O) groups is 1. The van der Waals surface area contributed by atoms with Crippen molar-refractivity contribution in [3.05, 3.63) is 76.9 Å². The minimum Gasteiger partial charge on any atom is -0.489 e. The summed E-state index contributed by atoms with van der Waals surface area (Å²) in [7, 11) is 1.87. The number of pyridine rings is 1. The maximum Gasteiger partial charge on any atom is 0.306 e. The molecule has 1 aliphatic carbocycles. The molecule has 0 aliphatic heterocycles. The molecule has 2 heterocycles. The number of fused-ring (bicyclic) bond motifs is 2. The van der Waals surface area contributed by atoms with Crippen LogP contribution < -0.4 is 4.74 Å². The normalized spacial score (nSPS) is 15.9. The molecule has 2 aromatic heterocycles. The van der Waals surface area contributed by atoms with Gasteiger partial charge in [-0.25, -0.2) is 9.37 Å². The van der Waals surface area contributed by atoms with E-state index in [2.05, 4.69) is 10.1 Å². The van der Waals surface area contributed by atoms with Crippen LogP contribution in [0.4, 0.5) is 4.39 Å². The van der Waals surface area contributed by atoms with E-state index in [4.69, 9.17) is 4.74 Å². The second kappa shape index (κ2) is 8.56. The van der Waals surface area contributed by atoms with Crippen LogP contribution in [0, 0.1) is 24.6 Å². The largest absolute Gasteiger partial charge is 0.489 e. The van der Waals surface area contributed by atoms with Gasteiger partial charge in [0.25, 0.3) is 0 Å². The lowest BCUT2D eigenvalue weighted by atomic mass is 9.91. The Hall–Kier alpha value is -3.74. The SMILES string of the molecule is Cc1cc(-c2ccc(F)c(COc3ccc4c(c3)C[C@@H]([C@@H](C)C(=O)O)C4)c2)c2c(cnn2C)n1. The predicted octanol–water partition coefficient (Wildman–Crippen LogP) is 5.10. The second-order valence-corrected chi connectivity index (χ2v) is 9.13. The zero-order chi connectivity index (χ0) is 24.0. The Balaban J connectivity index is 1.38. The molecule has 0 unspecified atom stereocenters. The molecule has 0 saturated heterocycles. The van der Waals surface area contributed by atoms with Crippen LogP contribution in [0.2, 0.25) is 0 Å². The van der Waals surface area contributed by atoms with E-state index in [0.717, 1.165) is 45.4 Å². The van der Waals surface area contributed by atoms with E-state index in [1.807, 2.05) is 44.3 Å². The summed E-state index contributed by atoms with van der Waals surface area (Å²) in [4.78, 5) is 15.9. The van der Waals surface area contributed by atoms with Gasteiger partial charge < -0.3 is 9.84 Å². The van der Waals surface area contributed by atoms with Crippen molar-refractivity contribution in [3.63, 3.8) is 0 Å². The first-order chi connectivity index (χ1) is 16.3. The summed E-state index contributed by atoms with van der Waals surface area (Å²) >= 11 is 0. The Kier molecular flexibility index (Phi) is 5.55. The molecule has 2 atom stereocenters. The smallest absolute Gasteiger partial charge is 0.306 e. The number of carboxylic acids is 1. The molecular formula is C27H26FN3O3. The average molecular weight is 460 g/mol. The van der Waals surface area contributed by atoms with Crippen LogP contribution in [0.1, 0.15) is 29.3 Å². The second-order valence-electron chi connectivity index (χ2n) is 9.13. The standard InChI is InChI=1S/C27H26FN3O3/c1-15-8-23(26-25(30-15)13-29-31(26)3)18-5-7-24(28)21(10-18)14-34-22-6-4-17-9-19(11-20(17)12-22)16(2)27(32)33/h4-8,10,12-13,16,19H,9,11,14H2,1-3H3,(H,32,33)/t16-,19+/m1/s1. The van der Waals surface area contributed by atoms with Gasteiger partial charge in [0.05, 0.1) is 17.6 Å². The van der Waals surface area contributed by atoms with Crippen LogP contribution in [0.25, 0.3) is 22.2 Å². The third-order valence-corrected chi connectivity index (χ3v) is 6.81. The van der Waals surface area contributed by atoms with Gasteiger partial charge in [-0.1, -0.05) is 19.1 Å². The molecule has 174 valence electrons. The van der Waals surface area contributed by atoms with E-state index >= 15 is 0 Å². The lowest BCUT2D eigenvalue weighted by Gasteiger charge is -2.13.